The number of rotatable bonds is 5. The lowest BCUT2D eigenvalue weighted by Crippen LogP contribution is -2.29. The maximum Gasteiger partial charge on any atom is 0.160 e. The van der Waals surface area contributed by atoms with Crippen LogP contribution in [0.3, 0.4) is 0 Å². The number of nitrogens with zero attached hydrogens (tertiary/aromatic N) is 2. The van der Waals surface area contributed by atoms with Gasteiger partial charge in [0.15, 0.2) is 5.82 Å². The van der Waals surface area contributed by atoms with Crippen molar-refractivity contribution in [1.82, 2.24) is 9.97 Å². The van der Waals surface area contributed by atoms with Gasteiger partial charge in [0.1, 0.15) is 5.60 Å². The maximum absolute atomic E-state index is 6.07. The zero-order chi connectivity index (χ0) is 13.1. The molecular weight excluding hydrogens is 236 g/mol. The van der Waals surface area contributed by atoms with Crippen molar-refractivity contribution in [1.29, 1.82) is 0 Å². The van der Waals surface area contributed by atoms with Crippen LogP contribution in [-0.2, 0) is 10.3 Å². The van der Waals surface area contributed by atoms with Crippen LogP contribution in [0.2, 0.25) is 0 Å². The van der Waals surface area contributed by atoms with Gasteiger partial charge in [0.25, 0.3) is 0 Å². The van der Waals surface area contributed by atoms with Crippen molar-refractivity contribution >= 4 is 11.6 Å². The highest BCUT2D eigenvalue weighted by atomic mass is 35.5. The Kier molecular flexibility index (Phi) is 4.90. The molecule has 0 N–H and O–H groups in total. The third-order valence-electron chi connectivity index (χ3n) is 3.39. The Hall–Kier alpha value is -0.670. The molecule has 1 heterocycles. The van der Waals surface area contributed by atoms with E-state index in [2.05, 4.69) is 23.8 Å². The number of alkyl halides is 1. The molecule has 0 saturated carbocycles. The van der Waals surface area contributed by atoms with Crippen molar-refractivity contribution in [3.63, 3.8) is 0 Å². The molecule has 0 spiro atoms. The summed E-state index contributed by atoms with van der Waals surface area (Å²) in [6.45, 7) is 8.06. The monoisotopic (exact) mass is 256 g/mol. The molecule has 0 fully saturated rings. The zero-order valence-electron chi connectivity index (χ0n) is 11.2. The normalized spacial score (nSPS) is 13.8. The van der Waals surface area contributed by atoms with E-state index < -0.39 is 0 Å². The highest BCUT2D eigenvalue weighted by molar-refractivity contribution is 6.20. The summed E-state index contributed by atoms with van der Waals surface area (Å²) in [5.41, 5.74) is 1.53. The second kappa shape index (κ2) is 5.78. The molecule has 96 valence electrons. The molecule has 1 rings (SSSR count). The quantitative estimate of drug-likeness (QED) is 0.753. The molecule has 4 heteroatoms. The van der Waals surface area contributed by atoms with Crippen LogP contribution < -0.4 is 0 Å². The number of halogens is 1. The van der Waals surface area contributed by atoms with Gasteiger partial charge in [0, 0.05) is 24.6 Å². The first-order valence-electron chi connectivity index (χ1n) is 6.04. The van der Waals surface area contributed by atoms with Gasteiger partial charge in [-0.15, -0.1) is 11.6 Å². The summed E-state index contributed by atoms with van der Waals surface area (Å²) in [5, 5.41) is -0.0655. The topological polar surface area (TPSA) is 35.0 Å². The predicted octanol–water partition coefficient (Wildman–Crippen LogP) is 3.75. The van der Waals surface area contributed by atoms with Crippen molar-refractivity contribution in [2.45, 2.75) is 51.5 Å². The maximum atomic E-state index is 6.07. The number of hydrogen-bond acceptors (Lipinski definition) is 3. The first kappa shape index (κ1) is 14.4. The number of aryl methyl sites for hydroxylation is 1. The second-order valence-corrected chi connectivity index (χ2v) is 4.91. The van der Waals surface area contributed by atoms with Crippen molar-refractivity contribution in [2.75, 3.05) is 7.11 Å². The lowest BCUT2D eigenvalue weighted by atomic mass is 9.95. The average Bonchev–Trinajstić information content (AvgIpc) is 2.32. The van der Waals surface area contributed by atoms with E-state index in [4.69, 9.17) is 16.3 Å². The van der Waals surface area contributed by atoms with Gasteiger partial charge in [-0.3, -0.25) is 0 Å². The standard InChI is InChI=1S/C13H21ClN2O/c1-6-13(7-2,17-5)12-15-8-11(9(3)14)10(4)16-12/h8-9H,6-7H2,1-5H3. The molecule has 1 atom stereocenters. The molecule has 1 unspecified atom stereocenters. The first-order valence-corrected chi connectivity index (χ1v) is 6.47. The van der Waals surface area contributed by atoms with Crippen molar-refractivity contribution in [2.24, 2.45) is 0 Å². The molecule has 0 aliphatic rings. The lowest BCUT2D eigenvalue weighted by molar-refractivity contribution is -0.0293. The molecule has 0 aromatic carbocycles. The average molecular weight is 257 g/mol. The highest BCUT2D eigenvalue weighted by Crippen LogP contribution is 2.31. The van der Waals surface area contributed by atoms with Gasteiger partial charge in [-0.05, 0) is 26.7 Å². The zero-order valence-corrected chi connectivity index (χ0v) is 12.0. The van der Waals surface area contributed by atoms with Gasteiger partial charge in [0.2, 0.25) is 0 Å². The van der Waals surface area contributed by atoms with E-state index in [-0.39, 0.29) is 11.0 Å². The Labute approximate surface area is 109 Å². The summed E-state index contributed by atoms with van der Waals surface area (Å²) in [6.07, 6.45) is 3.53. The molecule has 0 aliphatic heterocycles. The van der Waals surface area contributed by atoms with E-state index in [1.165, 1.54) is 0 Å². The van der Waals surface area contributed by atoms with E-state index in [0.717, 1.165) is 29.9 Å². The molecule has 1 aromatic rings. The van der Waals surface area contributed by atoms with Crippen LogP contribution in [0.4, 0.5) is 0 Å². The third-order valence-corrected chi connectivity index (χ3v) is 3.62. The van der Waals surface area contributed by atoms with Crippen LogP contribution in [0, 0.1) is 6.92 Å². The second-order valence-electron chi connectivity index (χ2n) is 4.26. The molecule has 1 aromatic heterocycles. The predicted molar refractivity (Wildman–Crippen MR) is 70.3 cm³/mol. The molecular formula is C13H21ClN2O. The molecule has 3 nitrogen and oxygen atoms in total. The Bertz CT molecular complexity index is 367. The van der Waals surface area contributed by atoms with E-state index in [1.807, 2.05) is 20.0 Å². The molecule has 0 saturated heterocycles. The van der Waals surface area contributed by atoms with Crippen LogP contribution in [-0.4, -0.2) is 17.1 Å². The van der Waals surface area contributed by atoms with Crippen molar-refractivity contribution < 1.29 is 4.74 Å². The van der Waals surface area contributed by atoms with Crippen LogP contribution >= 0.6 is 11.6 Å². The Morgan fingerprint density at radius 2 is 2.00 bits per heavy atom. The minimum absolute atomic E-state index is 0.0655. The van der Waals surface area contributed by atoms with Gasteiger partial charge in [-0.2, -0.15) is 0 Å². The number of aromatic nitrogens is 2. The largest absolute Gasteiger partial charge is 0.370 e. The molecule has 17 heavy (non-hydrogen) atoms. The van der Waals surface area contributed by atoms with Gasteiger partial charge in [-0.25, -0.2) is 9.97 Å². The van der Waals surface area contributed by atoms with Gasteiger partial charge in [-0.1, -0.05) is 13.8 Å². The minimum atomic E-state index is -0.376. The van der Waals surface area contributed by atoms with Crippen molar-refractivity contribution in [3.05, 3.63) is 23.3 Å². The fourth-order valence-electron chi connectivity index (χ4n) is 2.03. The van der Waals surface area contributed by atoms with Crippen LogP contribution in [0.5, 0.6) is 0 Å². The highest BCUT2D eigenvalue weighted by Gasteiger charge is 2.31. The number of hydrogen-bond donors (Lipinski definition) is 0. The summed E-state index contributed by atoms with van der Waals surface area (Å²) >= 11 is 6.07. The number of methoxy groups -OCH3 is 1. The smallest absolute Gasteiger partial charge is 0.160 e. The molecule has 0 amide bonds. The van der Waals surface area contributed by atoms with E-state index >= 15 is 0 Å². The molecule has 0 radical (unpaired) electrons. The van der Waals surface area contributed by atoms with Crippen LogP contribution in [0.1, 0.15) is 56.1 Å². The third kappa shape index (κ3) is 2.78. The van der Waals surface area contributed by atoms with Crippen molar-refractivity contribution in [3.8, 4) is 0 Å². The van der Waals surface area contributed by atoms with Gasteiger partial charge < -0.3 is 4.74 Å². The summed E-state index contributed by atoms with van der Waals surface area (Å²) in [5.74, 6) is 0.753. The van der Waals surface area contributed by atoms with Gasteiger partial charge in [0.05, 0.1) is 5.38 Å². The Balaban J connectivity index is 3.20. The Morgan fingerprint density at radius 3 is 2.35 bits per heavy atom. The molecule has 0 aliphatic carbocycles. The van der Waals surface area contributed by atoms with Gasteiger partial charge >= 0.3 is 0 Å². The lowest BCUT2D eigenvalue weighted by Gasteiger charge is -2.28. The minimum Gasteiger partial charge on any atom is -0.370 e. The molecule has 0 bridgehead atoms. The van der Waals surface area contributed by atoms with Crippen LogP contribution in [0.15, 0.2) is 6.20 Å². The van der Waals surface area contributed by atoms with E-state index in [1.54, 1.807) is 7.11 Å². The van der Waals surface area contributed by atoms with E-state index in [0.29, 0.717) is 0 Å². The first-order chi connectivity index (χ1) is 8.00. The fraction of sp³-hybridized carbons (Fsp3) is 0.692. The summed E-state index contributed by atoms with van der Waals surface area (Å²) < 4.78 is 5.62. The van der Waals surface area contributed by atoms with Crippen LogP contribution in [0.25, 0.3) is 0 Å². The number of ether oxygens (including phenoxy) is 1. The SMILES string of the molecule is CCC(CC)(OC)c1ncc(C(C)Cl)c(C)n1. The Morgan fingerprint density at radius 1 is 1.41 bits per heavy atom. The summed E-state index contributed by atoms with van der Waals surface area (Å²) in [7, 11) is 1.71. The summed E-state index contributed by atoms with van der Waals surface area (Å²) in [6, 6.07) is 0. The summed E-state index contributed by atoms with van der Waals surface area (Å²) in [4.78, 5) is 8.98. The fourth-order valence-corrected chi connectivity index (χ4v) is 2.25. The van der Waals surface area contributed by atoms with E-state index in [9.17, 15) is 0 Å².